The summed E-state index contributed by atoms with van der Waals surface area (Å²) in [5, 5.41) is 0. The quantitative estimate of drug-likeness (QED) is 0.861. The molecule has 3 nitrogen and oxygen atoms in total. The molecule has 0 fully saturated rings. The number of halogens is 1. The van der Waals surface area contributed by atoms with E-state index < -0.39 is 0 Å². The summed E-state index contributed by atoms with van der Waals surface area (Å²) in [6, 6.07) is 5.97. The highest BCUT2D eigenvalue weighted by molar-refractivity contribution is 9.10. The molecule has 0 heterocycles. The molecule has 0 aliphatic carbocycles. The van der Waals surface area contributed by atoms with Crippen LogP contribution in [0.5, 0.6) is 0 Å². The maximum absolute atomic E-state index is 11.3. The van der Waals surface area contributed by atoms with Crippen molar-refractivity contribution in [3.63, 3.8) is 0 Å². The van der Waals surface area contributed by atoms with Crippen LogP contribution in [0.1, 0.15) is 30.5 Å². The summed E-state index contributed by atoms with van der Waals surface area (Å²) in [5.41, 5.74) is 6.21. The van der Waals surface area contributed by atoms with E-state index in [-0.39, 0.29) is 12.0 Å². The summed E-state index contributed by atoms with van der Waals surface area (Å²) in [6.07, 6.45) is 0.315. The van der Waals surface area contributed by atoms with E-state index >= 15 is 0 Å². The van der Waals surface area contributed by atoms with E-state index in [0.29, 0.717) is 13.0 Å². The lowest BCUT2D eigenvalue weighted by molar-refractivity contribution is -0.426. The van der Waals surface area contributed by atoms with Gasteiger partial charge in [-0.1, -0.05) is 28.1 Å². The average molecular weight is 287 g/mol. The van der Waals surface area contributed by atoms with E-state index in [1.165, 1.54) is 5.56 Å². The number of esters is 1. The van der Waals surface area contributed by atoms with E-state index in [1.54, 1.807) is 6.92 Å². The molecule has 0 aliphatic rings. The van der Waals surface area contributed by atoms with Gasteiger partial charge in [0, 0.05) is 10.0 Å². The fourth-order valence-electron chi connectivity index (χ4n) is 1.49. The molecule has 0 radical (unpaired) electrons. The standard InChI is InChI=1S/C12H16BrNO2/c1-3-16-12(15)7-11(14)9-5-4-8(2)6-10(9)13/h4-6,11H,3,7,14H2,1-2H3/p+1/t11-/m0/s1. The minimum absolute atomic E-state index is 0.0750. The van der Waals surface area contributed by atoms with Crippen LogP contribution in [0.3, 0.4) is 0 Å². The predicted molar refractivity (Wildman–Crippen MR) is 65.8 cm³/mol. The van der Waals surface area contributed by atoms with Crippen LogP contribution in [-0.2, 0) is 9.53 Å². The van der Waals surface area contributed by atoms with Crippen LogP contribution in [0.4, 0.5) is 0 Å². The Balaban J connectivity index is 2.72. The Morgan fingerprint density at radius 2 is 2.25 bits per heavy atom. The van der Waals surface area contributed by atoms with Crippen LogP contribution < -0.4 is 5.73 Å². The lowest BCUT2D eigenvalue weighted by Gasteiger charge is -2.10. The highest BCUT2D eigenvalue weighted by Crippen LogP contribution is 2.24. The highest BCUT2D eigenvalue weighted by atomic mass is 79.9. The minimum Gasteiger partial charge on any atom is -0.466 e. The Bertz CT molecular complexity index is 379. The smallest absolute Gasteiger partial charge is 0.312 e. The number of benzene rings is 1. The van der Waals surface area contributed by atoms with E-state index in [2.05, 4.69) is 21.7 Å². The van der Waals surface area contributed by atoms with Crippen LogP contribution in [0.15, 0.2) is 22.7 Å². The molecular weight excluding hydrogens is 270 g/mol. The van der Waals surface area contributed by atoms with E-state index in [0.717, 1.165) is 10.0 Å². The first-order chi connectivity index (χ1) is 7.54. The number of ether oxygens (including phenoxy) is 1. The van der Waals surface area contributed by atoms with Crippen LogP contribution >= 0.6 is 15.9 Å². The molecule has 0 spiro atoms. The van der Waals surface area contributed by atoms with Gasteiger partial charge in [0.15, 0.2) is 0 Å². The molecule has 3 N–H and O–H groups in total. The zero-order valence-corrected chi connectivity index (χ0v) is 11.2. The zero-order chi connectivity index (χ0) is 12.1. The van der Waals surface area contributed by atoms with Gasteiger partial charge in [0.2, 0.25) is 0 Å². The summed E-state index contributed by atoms with van der Waals surface area (Å²) in [4.78, 5) is 11.3. The number of rotatable bonds is 4. The minimum atomic E-state index is -0.199. The van der Waals surface area contributed by atoms with Crippen molar-refractivity contribution in [2.45, 2.75) is 26.3 Å². The molecule has 4 heteroatoms. The predicted octanol–water partition coefficient (Wildman–Crippen LogP) is 1.99. The van der Waals surface area contributed by atoms with Crippen LogP contribution in [0.2, 0.25) is 0 Å². The van der Waals surface area contributed by atoms with Gasteiger partial charge >= 0.3 is 5.97 Å². The number of carbonyl (C=O) groups is 1. The fraction of sp³-hybridized carbons (Fsp3) is 0.417. The molecule has 88 valence electrons. The van der Waals surface area contributed by atoms with Gasteiger partial charge in [0.25, 0.3) is 0 Å². The maximum Gasteiger partial charge on any atom is 0.312 e. The number of hydrogen-bond donors (Lipinski definition) is 1. The monoisotopic (exact) mass is 286 g/mol. The molecule has 0 unspecified atom stereocenters. The third-order valence-corrected chi connectivity index (χ3v) is 3.00. The summed E-state index contributed by atoms with van der Waals surface area (Å²) in [7, 11) is 0. The number of hydrogen-bond acceptors (Lipinski definition) is 2. The number of carbonyl (C=O) groups excluding carboxylic acids is 1. The van der Waals surface area contributed by atoms with Gasteiger partial charge in [-0.05, 0) is 25.5 Å². The molecule has 0 saturated heterocycles. The third-order valence-electron chi connectivity index (χ3n) is 2.31. The molecule has 0 bridgehead atoms. The summed E-state index contributed by atoms with van der Waals surface area (Å²) in [6.45, 7) is 4.25. The van der Waals surface area contributed by atoms with Crippen molar-refractivity contribution in [2.24, 2.45) is 0 Å². The summed E-state index contributed by atoms with van der Waals surface area (Å²) >= 11 is 3.48. The van der Waals surface area contributed by atoms with Gasteiger partial charge in [0.05, 0.1) is 6.61 Å². The first-order valence-corrected chi connectivity index (χ1v) is 6.08. The highest BCUT2D eigenvalue weighted by Gasteiger charge is 2.18. The Morgan fingerprint density at radius 1 is 1.56 bits per heavy atom. The van der Waals surface area contributed by atoms with Crippen molar-refractivity contribution in [3.8, 4) is 0 Å². The van der Waals surface area contributed by atoms with E-state index in [9.17, 15) is 4.79 Å². The molecule has 0 saturated carbocycles. The fourth-order valence-corrected chi connectivity index (χ4v) is 2.31. The molecule has 1 atom stereocenters. The molecule has 0 amide bonds. The normalized spacial score (nSPS) is 12.2. The number of quaternary nitrogens is 1. The zero-order valence-electron chi connectivity index (χ0n) is 9.63. The Labute approximate surface area is 104 Å². The lowest BCUT2D eigenvalue weighted by atomic mass is 10.0. The second-order valence-electron chi connectivity index (χ2n) is 3.73. The van der Waals surface area contributed by atoms with Crippen molar-refractivity contribution in [1.29, 1.82) is 0 Å². The Morgan fingerprint density at radius 3 is 2.81 bits per heavy atom. The topological polar surface area (TPSA) is 53.9 Å². The van der Waals surface area contributed by atoms with E-state index in [4.69, 9.17) is 4.74 Å². The number of aryl methyl sites for hydroxylation is 1. The van der Waals surface area contributed by atoms with Gasteiger partial charge in [-0.2, -0.15) is 0 Å². The third kappa shape index (κ3) is 3.61. The molecule has 0 aliphatic heterocycles. The van der Waals surface area contributed by atoms with Crippen molar-refractivity contribution < 1.29 is 15.3 Å². The largest absolute Gasteiger partial charge is 0.466 e. The molecule has 1 aromatic carbocycles. The lowest BCUT2D eigenvalue weighted by Crippen LogP contribution is -2.54. The molecule has 0 aromatic heterocycles. The van der Waals surface area contributed by atoms with Crippen molar-refractivity contribution in [2.75, 3.05) is 6.61 Å². The molecule has 16 heavy (non-hydrogen) atoms. The second kappa shape index (κ2) is 6.01. The van der Waals surface area contributed by atoms with Gasteiger partial charge in [-0.3, -0.25) is 4.79 Å². The Hall–Kier alpha value is -0.870. The molecular formula is C12H17BrNO2+. The van der Waals surface area contributed by atoms with E-state index in [1.807, 2.05) is 25.1 Å². The van der Waals surface area contributed by atoms with Crippen LogP contribution in [-0.4, -0.2) is 12.6 Å². The Kier molecular flexibility index (Phi) is 4.96. The maximum atomic E-state index is 11.3. The molecule has 1 aromatic rings. The van der Waals surface area contributed by atoms with Gasteiger partial charge < -0.3 is 10.5 Å². The summed E-state index contributed by atoms with van der Waals surface area (Å²) < 4.78 is 5.90. The average Bonchev–Trinajstić information content (AvgIpc) is 2.17. The van der Waals surface area contributed by atoms with Gasteiger partial charge in [-0.25, -0.2) is 0 Å². The second-order valence-corrected chi connectivity index (χ2v) is 4.59. The molecule has 1 rings (SSSR count). The summed E-state index contributed by atoms with van der Waals surface area (Å²) in [5.74, 6) is -0.199. The van der Waals surface area contributed by atoms with Crippen molar-refractivity contribution in [3.05, 3.63) is 33.8 Å². The van der Waals surface area contributed by atoms with Crippen molar-refractivity contribution >= 4 is 21.9 Å². The van der Waals surface area contributed by atoms with Crippen LogP contribution in [0, 0.1) is 6.92 Å². The van der Waals surface area contributed by atoms with Gasteiger partial charge in [-0.15, -0.1) is 0 Å². The van der Waals surface area contributed by atoms with Crippen molar-refractivity contribution in [1.82, 2.24) is 0 Å². The first kappa shape index (κ1) is 13.2. The first-order valence-electron chi connectivity index (χ1n) is 5.29. The van der Waals surface area contributed by atoms with Gasteiger partial charge in [0.1, 0.15) is 12.5 Å². The van der Waals surface area contributed by atoms with Crippen LogP contribution in [0.25, 0.3) is 0 Å². The SMILES string of the molecule is CCOC(=O)C[C@H]([NH3+])c1ccc(C)cc1Br.